The molecule has 0 saturated heterocycles. The minimum absolute atomic E-state index is 0.516. The quantitative estimate of drug-likeness (QED) is 0.745. The fourth-order valence-electron chi connectivity index (χ4n) is 1.13. The molecule has 0 aliphatic heterocycles. The molecule has 3 nitrogen and oxygen atoms in total. The smallest absolute Gasteiger partial charge is 0.204 e. The summed E-state index contributed by atoms with van der Waals surface area (Å²) in [6.07, 6.45) is 0. The van der Waals surface area contributed by atoms with E-state index in [2.05, 4.69) is 0 Å². The van der Waals surface area contributed by atoms with Gasteiger partial charge in [-0.2, -0.15) is 0 Å². The van der Waals surface area contributed by atoms with Gasteiger partial charge in [-0.3, -0.25) is 0 Å². The maximum Gasteiger partial charge on any atom is 0.204 e. The van der Waals surface area contributed by atoms with E-state index < -0.39 is 8.38 Å². The molecule has 0 aromatic heterocycles. The molecule has 72 valence electrons. The normalized spacial score (nSPS) is 10.8. The van der Waals surface area contributed by atoms with E-state index in [1.165, 1.54) is 0 Å². The Morgan fingerprint density at radius 2 is 1.85 bits per heavy atom. The van der Waals surface area contributed by atoms with Crippen molar-refractivity contribution in [2.45, 2.75) is 6.54 Å². The molecular weight excluding hydrogens is 185 g/mol. The Morgan fingerprint density at radius 1 is 1.23 bits per heavy atom. The topological polar surface area (TPSA) is 44.5 Å². The summed E-state index contributed by atoms with van der Waals surface area (Å²) in [6.45, 7) is 0.516. The number of hydrogen-bond acceptors (Lipinski definition) is 3. The van der Waals surface area contributed by atoms with E-state index in [0.717, 1.165) is 10.9 Å². The second kappa shape index (κ2) is 5.30. The van der Waals surface area contributed by atoms with Gasteiger partial charge in [0.05, 0.1) is 0 Å². The summed E-state index contributed by atoms with van der Waals surface area (Å²) in [4.78, 5) is 0. The summed E-state index contributed by atoms with van der Waals surface area (Å²) < 4.78 is 10.4. The molecule has 0 fully saturated rings. The van der Waals surface area contributed by atoms with Crippen LogP contribution in [-0.4, -0.2) is 14.2 Å². The summed E-state index contributed by atoms with van der Waals surface area (Å²) >= 11 is 0. The van der Waals surface area contributed by atoms with Crippen LogP contribution in [0.2, 0.25) is 0 Å². The van der Waals surface area contributed by atoms with Crippen LogP contribution in [0.4, 0.5) is 0 Å². The molecule has 0 spiro atoms. The third-order valence-electron chi connectivity index (χ3n) is 1.74. The summed E-state index contributed by atoms with van der Waals surface area (Å²) in [5.41, 5.74) is 6.68. The molecule has 1 aromatic rings. The molecule has 0 aliphatic rings. The predicted octanol–water partition coefficient (Wildman–Crippen LogP) is 1.38. The van der Waals surface area contributed by atoms with Crippen molar-refractivity contribution in [3.05, 3.63) is 29.8 Å². The lowest BCUT2D eigenvalue weighted by atomic mass is 10.2. The van der Waals surface area contributed by atoms with Crippen LogP contribution in [0.15, 0.2) is 24.3 Å². The van der Waals surface area contributed by atoms with E-state index in [9.17, 15) is 0 Å². The van der Waals surface area contributed by atoms with Gasteiger partial charge >= 0.3 is 0 Å². The molecule has 0 bridgehead atoms. The van der Waals surface area contributed by atoms with Gasteiger partial charge in [-0.25, -0.2) is 0 Å². The Bertz CT molecular complexity index is 264. The molecule has 0 aliphatic carbocycles. The van der Waals surface area contributed by atoms with Crippen molar-refractivity contribution in [3.8, 4) is 0 Å². The molecule has 0 radical (unpaired) electrons. The van der Waals surface area contributed by atoms with Crippen molar-refractivity contribution < 1.29 is 9.05 Å². The fraction of sp³-hybridized carbons (Fsp3) is 0.333. The lowest BCUT2D eigenvalue weighted by Gasteiger charge is -2.15. The number of benzene rings is 1. The summed E-state index contributed by atoms with van der Waals surface area (Å²) in [5.74, 6) is 0. The van der Waals surface area contributed by atoms with Gasteiger partial charge in [0, 0.05) is 26.1 Å². The highest BCUT2D eigenvalue weighted by atomic mass is 31.2. The highest BCUT2D eigenvalue weighted by molar-refractivity contribution is 7.56. The summed E-state index contributed by atoms with van der Waals surface area (Å²) in [6, 6.07) is 7.90. The molecule has 0 heterocycles. The van der Waals surface area contributed by atoms with E-state index in [1.54, 1.807) is 14.2 Å². The van der Waals surface area contributed by atoms with Crippen molar-refractivity contribution in [2.24, 2.45) is 5.73 Å². The van der Waals surface area contributed by atoms with Gasteiger partial charge in [0.25, 0.3) is 0 Å². The van der Waals surface area contributed by atoms with Crippen molar-refractivity contribution >= 4 is 13.7 Å². The highest BCUT2D eigenvalue weighted by Crippen LogP contribution is 2.35. The number of hydrogen-bond donors (Lipinski definition) is 1. The maximum atomic E-state index is 5.60. The zero-order chi connectivity index (χ0) is 9.68. The molecule has 1 aromatic carbocycles. The Kier molecular flexibility index (Phi) is 4.33. The zero-order valence-electron chi connectivity index (χ0n) is 7.86. The van der Waals surface area contributed by atoms with Crippen LogP contribution in [0, 0.1) is 0 Å². The lowest BCUT2D eigenvalue weighted by molar-refractivity contribution is 0.350. The molecule has 0 unspecified atom stereocenters. The molecule has 2 N–H and O–H groups in total. The van der Waals surface area contributed by atoms with E-state index in [0.29, 0.717) is 6.54 Å². The van der Waals surface area contributed by atoms with Gasteiger partial charge in [0.2, 0.25) is 8.38 Å². The van der Waals surface area contributed by atoms with Crippen molar-refractivity contribution in [2.75, 3.05) is 14.2 Å². The molecule has 0 atom stereocenters. The summed E-state index contributed by atoms with van der Waals surface area (Å²) in [5, 5.41) is 1.06. The SMILES string of the molecule is COP(OC)c1ccccc1CN. The van der Waals surface area contributed by atoms with Gasteiger partial charge in [-0.15, -0.1) is 0 Å². The van der Waals surface area contributed by atoms with Crippen LogP contribution in [0.5, 0.6) is 0 Å². The van der Waals surface area contributed by atoms with E-state index in [1.807, 2.05) is 24.3 Å². The van der Waals surface area contributed by atoms with Crippen molar-refractivity contribution in [1.29, 1.82) is 0 Å². The third-order valence-corrected chi connectivity index (χ3v) is 3.23. The van der Waals surface area contributed by atoms with Gasteiger partial charge in [-0.1, -0.05) is 18.2 Å². The molecule has 0 amide bonds. The monoisotopic (exact) mass is 199 g/mol. The maximum absolute atomic E-state index is 5.60. The predicted molar refractivity (Wildman–Crippen MR) is 54.9 cm³/mol. The van der Waals surface area contributed by atoms with Crippen LogP contribution < -0.4 is 11.0 Å². The average Bonchev–Trinajstić information content (AvgIpc) is 2.20. The van der Waals surface area contributed by atoms with Gasteiger partial charge in [0.15, 0.2) is 0 Å². The fourth-order valence-corrected chi connectivity index (χ4v) is 2.28. The first-order chi connectivity index (χ1) is 6.33. The van der Waals surface area contributed by atoms with Crippen LogP contribution in [0.25, 0.3) is 0 Å². The minimum Gasteiger partial charge on any atom is -0.334 e. The van der Waals surface area contributed by atoms with E-state index in [4.69, 9.17) is 14.8 Å². The van der Waals surface area contributed by atoms with Crippen molar-refractivity contribution in [3.63, 3.8) is 0 Å². The Morgan fingerprint density at radius 3 is 2.38 bits per heavy atom. The number of rotatable bonds is 4. The number of nitrogens with two attached hydrogens (primary N) is 1. The molecule has 4 heteroatoms. The van der Waals surface area contributed by atoms with Crippen LogP contribution in [0.3, 0.4) is 0 Å². The Balaban J connectivity index is 2.96. The first kappa shape index (κ1) is 10.6. The third kappa shape index (κ3) is 2.48. The second-order valence-corrected chi connectivity index (χ2v) is 4.18. The minimum atomic E-state index is -0.958. The summed E-state index contributed by atoms with van der Waals surface area (Å²) in [7, 11) is 2.32. The highest BCUT2D eigenvalue weighted by Gasteiger charge is 2.13. The Labute approximate surface area is 79.8 Å². The van der Waals surface area contributed by atoms with E-state index in [-0.39, 0.29) is 0 Å². The average molecular weight is 199 g/mol. The largest absolute Gasteiger partial charge is 0.334 e. The lowest BCUT2D eigenvalue weighted by Crippen LogP contribution is -2.13. The van der Waals surface area contributed by atoms with Crippen molar-refractivity contribution in [1.82, 2.24) is 0 Å². The molecule has 0 saturated carbocycles. The molecule has 13 heavy (non-hydrogen) atoms. The standard InChI is InChI=1S/C9H14NO2P/c1-11-13(12-2)9-6-4-3-5-8(9)7-10/h3-6H,7,10H2,1-2H3. The first-order valence-electron chi connectivity index (χ1n) is 3.99. The van der Waals surface area contributed by atoms with Gasteiger partial charge < -0.3 is 14.8 Å². The van der Waals surface area contributed by atoms with Gasteiger partial charge in [0.1, 0.15) is 0 Å². The van der Waals surface area contributed by atoms with E-state index >= 15 is 0 Å². The van der Waals surface area contributed by atoms with Crippen LogP contribution >= 0.6 is 8.38 Å². The Hall–Kier alpha value is -0.470. The molecular formula is C9H14NO2P. The zero-order valence-corrected chi connectivity index (χ0v) is 8.75. The van der Waals surface area contributed by atoms with Gasteiger partial charge in [-0.05, 0) is 11.6 Å². The van der Waals surface area contributed by atoms with Crippen LogP contribution in [0.1, 0.15) is 5.56 Å². The van der Waals surface area contributed by atoms with Crippen LogP contribution in [-0.2, 0) is 15.6 Å². The second-order valence-electron chi connectivity index (χ2n) is 2.46. The first-order valence-corrected chi connectivity index (χ1v) is 5.17. The molecule has 1 rings (SSSR count).